The van der Waals surface area contributed by atoms with Gasteiger partial charge in [-0.15, -0.1) is 0 Å². The van der Waals surface area contributed by atoms with Gasteiger partial charge in [0.15, 0.2) is 23.3 Å². The molecule has 0 saturated carbocycles. The van der Waals surface area contributed by atoms with Crippen molar-refractivity contribution in [2.75, 3.05) is 17.2 Å². The van der Waals surface area contributed by atoms with E-state index < -0.39 is 11.6 Å². The van der Waals surface area contributed by atoms with Crippen LogP contribution in [-0.2, 0) is 0 Å². The number of nitrogens with one attached hydrogen (secondary N) is 2. The highest BCUT2D eigenvalue weighted by Crippen LogP contribution is 2.23. The average molecular weight is 277 g/mol. The van der Waals surface area contributed by atoms with Gasteiger partial charge in [-0.1, -0.05) is 19.1 Å². The maximum Gasteiger partial charge on any atom is 0.169 e. The number of benzene rings is 1. The Balaban J connectivity index is 2.26. The highest BCUT2D eigenvalue weighted by Gasteiger charge is 2.11. The van der Waals surface area contributed by atoms with Gasteiger partial charge in [-0.05, 0) is 31.0 Å². The average Bonchev–Trinajstić information content (AvgIpc) is 2.40. The Bertz CT molecular complexity index is 600. The lowest BCUT2D eigenvalue weighted by molar-refractivity contribution is 0.579. The van der Waals surface area contributed by atoms with E-state index in [9.17, 15) is 8.78 Å². The number of aromatic nitrogens is 1. The van der Waals surface area contributed by atoms with E-state index in [0.717, 1.165) is 18.1 Å². The minimum atomic E-state index is -0.717. The van der Waals surface area contributed by atoms with Crippen molar-refractivity contribution in [3.63, 3.8) is 0 Å². The van der Waals surface area contributed by atoms with E-state index in [4.69, 9.17) is 0 Å². The summed E-state index contributed by atoms with van der Waals surface area (Å²) in [5.74, 6) is -1.34. The molecule has 0 atom stereocenters. The van der Waals surface area contributed by atoms with Gasteiger partial charge in [-0.2, -0.15) is 0 Å². The zero-order chi connectivity index (χ0) is 14.5. The van der Waals surface area contributed by atoms with E-state index in [1.165, 1.54) is 0 Å². The van der Waals surface area contributed by atoms with Crippen molar-refractivity contribution < 1.29 is 8.78 Å². The fourth-order valence-electron chi connectivity index (χ4n) is 1.78. The van der Waals surface area contributed by atoms with E-state index in [0.29, 0.717) is 12.2 Å². The second kappa shape index (κ2) is 6.32. The lowest BCUT2D eigenvalue weighted by Gasteiger charge is -2.11. The molecule has 5 heteroatoms. The van der Waals surface area contributed by atoms with Gasteiger partial charge in [0.1, 0.15) is 0 Å². The number of halogens is 2. The SMILES string of the molecule is CCCNc1nc(Nc2cccc(C)c2)c(F)cc1F. The molecule has 1 aromatic heterocycles. The van der Waals surface area contributed by atoms with Crippen molar-refractivity contribution >= 4 is 17.3 Å². The quantitative estimate of drug-likeness (QED) is 0.858. The molecule has 2 N–H and O–H groups in total. The molecule has 0 fully saturated rings. The van der Waals surface area contributed by atoms with Gasteiger partial charge in [0.25, 0.3) is 0 Å². The summed E-state index contributed by atoms with van der Waals surface area (Å²) >= 11 is 0. The van der Waals surface area contributed by atoms with Crippen LogP contribution < -0.4 is 10.6 Å². The Labute approximate surface area is 117 Å². The van der Waals surface area contributed by atoms with Crippen molar-refractivity contribution in [3.8, 4) is 0 Å². The molecule has 2 aromatic rings. The summed E-state index contributed by atoms with van der Waals surface area (Å²) in [6.07, 6.45) is 0.832. The Morgan fingerprint density at radius 3 is 2.55 bits per heavy atom. The van der Waals surface area contributed by atoms with Crippen LogP contribution >= 0.6 is 0 Å². The number of pyridine rings is 1. The molecule has 0 unspecified atom stereocenters. The molecular formula is C15H17F2N3. The molecule has 106 valence electrons. The molecule has 20 heavy (non-hydrogen) atoms. The molecule has 3 nitrogen and oxygen atoms in total. The lowest BCUT2D eigenvalue weighted by Crippen LogP contribution is -2.07. The molecule has 1 aromatic carbocycles. The van der Waals surface area contributed by atoms with Gasteiger partial charge < -0.3 is 10.6 Å². The van der Waals surface area contributed by atoms with Crippen molar-refractivity contribution in [2.45, 2.75) is 20.3 Å². The first-order valence-corrected chi connectivity index (χ1v) is 6.53. The summed E-state index contributed by atoms with van der Waals surface area (Å²) < 4.78 is 27.3. The van der Waals surface area contributed by atoms with Crippen molar-refractivity contribution in [1.29, 1.82) is 0 Å². The molecule has 0 aliphatic carbocycles. The van der Waals surface area contributed by atoms with Crippen molar-refractivity contribution in [1.82, 2.24) is 4.98 Å². The van der Waals surface area contributed by atoms with Crippen LogP contribution in [0.15, 0.2) is 30.3 Å². The van der Waals surface area contributed by atoms with E-state index in [1.54, 1.807) is 6.07 Å². The van der Waals surface area contributed by atoms with E-state index in [1.807, 2.05) is 32.0 Å². The first-order valence-electron chi connectivity index (χ1n) is 6.53. The first-order chi connectivity index (χ1) is 9.60. The van der Waals surface area contributed by atoms with Gasteiger partial charge >= 0.3 is 0 Å². The highest BCUT2D eigenvalue weighted by atomic mass is 19.1. The summed E-state index contributed by atoms with van der Waals surface area (Å²) in [6.45, 7) is 4.48. The van der Waals surface area contributed by atoms with Crippen LogP contribution in [-0.4, -0.2) is 11.5 Å². The van der Waals surface area contributed by atoms with Crippen molar-refractivity contribution in [2.24, 2.45) is 0 Å². The summed E-state index contributed by atoms with van der Waals surface area (Å²) in [4.78, 5) is 3.96. The van der Waals surface area contributed by atoms with Crippen LogP contribution in [0.3, 0.4) is 0 Å². The van der Waals surface area contributed by atoms with Crippen LogP contribution in [0, 0.1) is 18.6 Å². The van der Waals surface area contributed by atoms with Crippen LogP contribution in [0.25, 0.3) is 0 Å². The van der Waals surface area contributed by atoms with Crippen LogP contribution in [0.4, 0.5) is 26.1 Å². The van der Waals surface area contributed by atoms with Crippen LogP contribution in [0.5, 0.6) is 0 Å². The first kappa shape index (κ1) is 14.2. The lowest BCUT2D eigenvalue weighted by atomic mass is 10.2. The second-order valence-corrected chi connectivity index (χ2v) is 4.57. The van der Waals surface area contributed by atoms with Gasteiger partial charge in [0, 0.05) is 18.3 Å². The molecule has 0 saturated heterocycles. The summed E-state index contributed by atoms with van der Waals surface area (Å²) in [6, 6.07) is 8.30. The molecule has 1 heterocycles. The molecular weight excluding hydrogens is 260 g/mol. The van der Waals surface area contributed by atoms with Gasteiger partial charge in [-0.3, -0.25) is 0 Å². The van der Waals surface area contributed by atoms with Gasteiger partial charge in [0.05, 0.1) is 0 Å². The standard InChI is InChI=1S/C15H17F2N3/c1-3-7-18-14-12(16)9-13(17)15(20-14)19-11-6-4-5-10(2)8-11/h4-6,8-9H,3,7H2,1-2H3,(H2,18,19,20). The molecule has 0 aliphatic rings. The number of hydrogen-bond acceptors (Lipinski definition) is 3. The molecule has 2 rings (SSSR count). The number of nitrogens with zero attached hydrogens (tertiary/aromatic N) is 1. The second-order valence-electron chi connectivity index (χ2n) is 4.57. The number of aryl methyl sites for hydroxylation is 1. The maximum absolute atomic E-state index is 13.7. The molecule has 0 radical (unpaired) electrons. The van der Waals surface area contributed by atoms with E-state index >= 15 is 0 Å². The normalized spacial score (nSPS) is 10.4. The highest BCUT2D eigenvalue weighted by molar-refractivity contribution is 5.59. The fraction of sp³-hybridized carbons (Fsp3) is 0.267. The summed E-state index contributed by atoms with van der Waals surface area (Å²) in [5, 5.41) is 5.70. The third-order valence-electron chi connectivity index (χ3n) is 2.75. The maximum atomic E-state index is 13.7. The molecule has 0 bridgehead atoms. The Kier molecular flexibility index (Phi) is 4.50. The van der Waals surface area contributed by atoms with Gasteiger partial charge in [-0.25, -0.2) is 13.8 Å². The Morgan fingerprint density at radius 2 is 1.85 bits per heavy atom. The number of rotatable bonds is 5. The predicted molar refractivity (Wildman–Crippen MR) is 77.4 cm³/mol. The molecule has 0 amide bonds. The molecule has 0 spiro atoms. The zero-order valence-corrected chi connectivity index (χ0v) is 11.5. The van der Waals surface area contributed by atoms with Crippen LogP contribution in [0.1, 0.15) is 18.9 Å². The topological polar surface area (TPSA) is 37.0 Å². The van der Waals surface area contributed by atoms with E-state index in [2.05, 4.69) is 15.6 Å². The molecule has 0 aliphatic heterocycles. The fourth-order valence-corrected chi connectivity index (χ4v) is 1.78. The zero-order valence-electron chi connectivity index (χ0n) is 11.5. The smallest absolute Gasteiger partial charge is 0.169 e. The predicted octanol–water partition coefficient (Wildman–Crippen LogP) is 4.23. The largest absolute Gasteiger partial charge is 0.368 e. The Morgan fingerprint density at radius 1 is 1.10 bits per heavy atom. The Hall–Kier alpha value is -2.17. The van der Waals surface area contributed by atoms with Crippen molar-refractivity contribution in [3.05, 3.63) is 47.5 Å². The van der Waals surface area contributed by atoms with Gasteiger partial charge in [0.2, 0.25) is 0 Å². The number of hydrogen-bond donors (Lipinski definition) is 2. The monoisotopic (exact) mass is 277 g/mol. The third kappa shape index (κ3) is 3.44. The van der Waals surface area contributed by atoms with Crippen LogP contribution in [0.2, 0.25) is 0 Å². The van der Waals surface area contributed by atoms with E-state index in [-0.39, 0.29) is 11.6 Å². The summed E-state index contributed by atoms with van der Waals surface area (Å²) in [5.41, 5.74) is 1.76. The minimum absolute atomic E-state index is 0.00982. The minimum Gasteiger partial charge on any atom is -0.368 e. The number of anilines is 3. The summed E-state index contributed by atoms with van der Waals surface area (Å²) in [7, 11) is 0. The third-order valence-corrected chi connectivity index (χ3v) is 2.75.